The highest BCUT2D eigenvalue weighted by atomic mass is 19.1. The summed E-state index contributed by atoms with van der Waals surface area (Å²) in [5, 5.41) is 5.27. The Hall–Kier alpha value is -3.48. The van der Waals surface area contributed by atoms with Crippen LogP contribution < -0.4 is 10.5 Å². The van der Waals surface area contributed by atoms with Gasteiger partial charge in [0.25, 0.3) is 0 Å². The van der Waals surface area contributed by atoms with Crippen molar-refractivity contribution < 1.29 is 13.6 Å². The van der Waals surface area contributed by atoms with Crippen LogP contribution >= 0.6 is 0 Å². The minimum Gasteiger partial charge on any atom is -0.422 e. The van der Waals surface area contributed by atoms with Gasteiger partial charge in [0, 0.05) is 11.9 Å². The molecule has 0 spiro atoms. The van der Waals surface area contributed by atoms with Crippen LogP contribution in [0, 0.1) is 12.7 Å². The molecule has 4 rings (SSSR count). The van der Waals surface area contributed by atoms with E-state index in [-0.39, 0.29) is 18.1 Å². The lowest BCUT2D eigenvalue weighted by atomic mass is 10.1. The van der Waals surface area contributed by atoms with Gasteiger partial charge in [-0.3, -0.25) is 9.48 Å². The van der Waals surface area contributed by atoms with Crippen molar-refractivity contribution in [1.29, 1.82) is 0 Å². The highest BCUT2D eigenvalue weighted by molar-refractivity contribution is 6.03. The second-order valence-electron chi connectivity index (χ2n) is 6.95. The molecule has 6 nitrogen and oxygen atoms in total. The van der Waals surface area contributed by atoms with Crippen molar-refractivity contribution >= 4 is 33.5 Å². The highest BCUT2D eigenvalue weighted by Gasteiger charge is 2.21. The number of hydrogen-bond acceptors (Lipinski definition) is 4. The Morgan fingerprint density at radius 3 is 2.76 bits per heavy atom. The fraction of sp³-hybridized carbons (Fsp3) is 0.227. The first-order chi connectivity index (χ1) is 14.0. The molecule has 0 N–H and O–H groups in total. The average molecular weight is 393 g/mol. The maximum Gasteiger partial charge on any atom is 0.347 e. The van der Waals surface area contributed by atoms with E-state index in [4.69, 9.17) is 4.42 Å². The van der Waals surface area contributed by atoms with Crippen LogP contribution in [0.2, 0.25) is 0 Å². The summed E-state index contributed by atoms with van der Waals surface area (Å²) >= 11 is 0. The Bertz CT molecular complexity index is 1280. The molecule has 2 aromatic carbocycles. The van der Waals surface area contributed by atoms with Gasteiger partial charge in [-0.25, -0.2) is 9.18 Å². The van der Waals surface area contributed by atoms with Gasteiger partial charge in [-0.05, 0) is 37.6 Å². The molecule has 0 aliphatic rings. The van der Waals surface area contributed by atoms with Crippen LogP contribution in [0.5, 0.6) is 0 Å². The number of carbonyl (C=O) groups excluding carboxylic acids is 1. The van der Waals surface area contributed by atoms with Crippen LogP contribution in [0.25, 0.3) is 21.9 Å². The molecule has 7 heteroatoms. The van der Waals surface area contributed by atoms with Gasteiger partial charge >= 0.3 is 5.63 Å². The van der Waals surface area contributed by atoms with Crippen LogP contribution in [0.3, 0.4) is 0 Å². The van der Waals surface area contributed by atoms with Gasteiger partial charge in [-0.15, -0.1) is 0 Å². The zero-order valence-electron chi connectivity index (χ0n) is 16.2. The number of aromatic nitrogens is 2. The van der Waals surface area contributed by atoms with Gasteiger partial charge in [0.1, 0.15) is 23.3 Å². The van der Waals surface area contributed by atoms with Crippen LogP contribution in [0.1, 0.15) is 18.9 Å². The van der Waals surface area contributed by atoms with Crippen LogP contribution in [-0.4, -0.2) is 22.2 Å². The molecule has 0 aliphatic heterocycles. The summed E-state index contributed by atoms with van der Waals surface area (Å²) in [6.45, 7) is 4.11. The second-order valence-corrected chi connectivity index (χ2v) is 6.95. The number of rotatable bonds is 5. The predicted octanol–water partition coefficient (Wildman–Crippen LogP) is 4.03. The smallest absolute Gasteiger partial charge is 0.347 e. The van der Waals surface area contributed by atoms with Crippen molar-refractivity contribution in [2.75, 3.05) is 11.4 Å². The number of nitrogens with zero attached hydrogens (tertiary/aromatic N) is 3. The molecule has 0 aliphatic carbocycles. The van der Waals surface area contributed by atoms with Gasteiger partial charge in [-0.2, -0.15) is 5.10 Å². The third-order valence-electron chi connectivity index (χ3n) is 4.83. The standard InChI is InChI=1S/C22H20FN3O3/c1-3-10-25(18-7-5-4-6-17(18)23)20(27)13-26-21-15-11-14(2)8-9-19(15)29-22(28)16(21)12-24-26/h4-9,11-12H,3,10,13H2,1-2H3. The first-order valence-electron chi connectivity index (χ1n) is 9.43. The molecule has 2 aromatic heterocycles. The Kier molecular flexibility index (Phi) is 4.88. The number of anilines is 1. The number of amides is 1. The molecule has 4 aromatic rings. The van der Waals surface area contributed by atoms with Crippen molar-refractivity contribution in [2.24, 2.45) is 0 Å². The zero-order chi connectivity index (χ0) is 20.5. The van der Waals surface area contributed by atoms with E-state index < -0.39 is 11.4 Å². The number of fused-ring (bicyclic) bond motifs is 3. The van der Waals surface area contributed by atoms with E-state index >= 15 is 0 Å². The van der Waals surface area contributed by atoms with Crippen molar-refractivity contribution in [2.45, 2.75) is 26.8 Å². The SMILES string of the molecule is CCCN(C(=O)Cn1ncc2c(=O)oc3ccc(C)cc3c21)c1ccccc1F. The van der Waals surface area contributed by atoms with E-state index in [0.29, 0.717) is 34.8 Å². The van der Waals surface area contributed by atoms with Crippen LogP contribution in [0.15, 0.2) is 57.9 Å². The number of para-hydroxylation sites is 1. The van der Waals surface area contributed by atoms with Gasteiger partial charge in [-0.1, -0.05) is 30.7 Å². The summed E-state index contributed by atoms with van der Waals surface area (Å²) in [4.78, 5) is 26.8. The highest BCUT2D eigenvalue weighted by Crippen LogP contribution is 2.25. The van der Waals surface area contributed by atoms with E-state index in [0.717, 1.165) is 5.56 Å². The van der Waals surface area contributed by atoms with Crippen molar-refractivity contribution in [1.82, 2.24) is 9.78 Å². The molecule has 148 valence electrons. The van der Waals surface area contributed by atoms with Gasteiger partial charge in [0.2, 0.25) is 5.91 Å². The number of halogens is 1. The van der Waals surface area contributed by atoms with E-state index in [2.05, 4.69) is 5.10 Å². The maximum atomic E-state index is 14.3. The molecule has 2 heterocycles. The minimum atomic E-state index is -0.505. The molecule has 0 fully saturated rings. The lowest BCUT2D eigenvalue weighted by Crippen LogP contribution is -2.35. The number of carbonyl (C=O) groups is 1. The minimum absolute atomic E-state index is 0.121. The zero-order valence-corrected chi connectivity index (χ0v) is 16.2. The fourth-order valence-corrected chi connectivity index (χ4v) is 3.50. The summed E-state index contributed by atoms with van der Waals surface area (Å²) in [6, 6.07) is 11.7. The number of benzene rings is 2. The first kappa shape index (κ1) is 18.9. The van der Waals surface area contributed by atoms with E-state index in [1.807, 2.05) is 26.0 Å². The van der Waals surface area contributed by atoms with Gasteiger partial charge in [0.05, 0.1) is 17.4 Å². The lowest BCUT2D eigenvalue weighted by Gasteiger charge is -2.23. The molecule has 0 saturated carbocycles. The van der Waals surface area contributed by atoms with E-state index in [1.165, 1.54) is 21.8 Å². The summed E-state index contributed by atoms with van der Waals surface area (Å²) in [5.74, 6) is -0.766. The monoisotopic (exact) mass is 393 g/mol. The molecule has 0 saturated heterocycles. The summed E-state index contributed by atoms with van der Waals surface area (Å²) in [7, 11) is 0. The molecule has 1 amide bonds. The summed E-state index contributed by atoms with van der Waals surface area (Å²) < 4.78 is 21.1. The van der Waals surface area contributed by atoms with Crippen LogP contribution in [0.4, 0.5) is 10.1 Å². The molecule has 0 radical (unpaired) electrons. The van der Waals surface area contributed by atoms with Crippen molar-refractivity contribution in [3.63, 3.8) is 0 Å². The number of aryl methyl sites for hydroxylation is 1. The Morgan fingerprint density at radius 1 is 1.21 bits per heavy atom. The lowest BCUT2D eigenvalue weighted by molar-refractivity contribution is -0.119. The second kappa shape index (κ2) is 7.50. The predicted molar refractivity (Wildman–Crippen MR) is 110 cm³/mol. The van der Waals surface area contributed by atoms with E-state index in [9.17, 15) is 14.0 Å². The van der Waals surface area contributed by atoms with Gasteiger partial charge in [0.15, 0.2) is 0 Å². The summed E-state index contributed by atoms with van der Waals surface area (Å²) in [5.41, 5.74) is 1.69. The Labute approximate surface area is 166 Å². The topological polar surface area (TPSA) is 68.3 Å². The quantitative estimate of drug-likeness (QED) is 0.480. The fourth-order valence-electron chi connectivity index (χ4n) is 3.50. The molecule has 0 bridgehead atoms. The third kappa shape index (κ3) is 3.40. The van der Waals surface area contributed by atoms with Crippen LogP contribution in [-0.2, 0) is 11.3 Å². The van der Waals surface area contributed by atoms with Gasteiger partial charge < -0.3 is 9.32 Å². The Balaban J connectivity index is 1.80. The molecule has 0 unspecified atom stereocenters. The average Bonchev–Trinajstić information content (AvgIpc) is 3.12. The third-order valence-corrected chi connectivity index (χ3v) is 4.83. The molecular weight excluding hydrogens is 373 g/mol. The Morgan fingerprint density at radius 2 is 2.00 bits per heavy atom. The maximum absolute atomic E-state index is 14.3. The van der Waals surface area contributed by atoms with Crippen molar-refractivity contribution in [3.05, 3.63) is 70.5 Å². The number of hydrogen-bond donors (Lipinski definition) is 0. The molecule has 0 atom stereocenters. The van der Waals surface area contributed by atoms with E-state index in [1.54, 1.807) is 24.3 Å². The molecule has 29 heavy (non-hydrogen) atoms. The normalized spacial score (nSPS) is 11.3. The van der Waals surface area contributed by atoms with Crippen molar-refractivity contribution in [3.8, 4) is 0 Å². The largest absolute Gasteiger partial charge is 0.422 e. The summed E-state index contributed by atoms with van der Waals surface area (Å²) in [6.07, 6.45) is 2.08. The first-order valence-corrected chi connectivity index (χ1v) is 9.43. The molecular formula is C22H20FN3O3.